The van der Waals surface area contributed by atoms with Gasteiger partial charge in [-0.3, -0.25) is 14.4 Å². The number of nitrogens with zero attached hydrogens (tertiary/aromatic N) is 1. The zero-order valence-electron chi connectivity index (χ0n) is 14.3. The van der Waals surface area contributed by atoms with E-state index in [1.54, 1.807) is 35.2 Å². The fraction of sp³-hybridized carbons (Fsp3) is 0.250. The molecule has 1 atom stereocenters. The third-order valence-corrected chi connectivity index (χ3v) is 4.71. The summed E-state index contributed by atoms with van der Waals surface area (Å²) in [6.45, 7) is 2.14. The van der Waals surface area contributed by atoms with Crippen molar-refractivity contribution in [2.75, 3.05) is 6.54 Å². The van der Waals surface area contributed by atoms with Crippen LogP contribution in [0, 0.1) is 5.92 Å². The average Bonchev–Trinajstić information content (AvgIpc) is 2.98. The van der Waals surface area contributed by atoms with Crippen LogP contribution in [0.2, 0.25) is 5.02 Å². The number of ketones is 1. The van der Waals surface area contributed by atoms with Crippen LogP contribution >= 0.6 is 11.6 Å². The molecule has 2 aromatic carbocycles. The smallest absolute Gasteiger partial charge is 0.316 e. The fourth-order valence-electron chi connectivity index (χ4n) is 2.87. The molecule has 2 aromatic rings. The number of esters is 1. The molecule has 0 saturated carbocycles. The maximum Gasteiger partial charge on any atom is 0.316 e. The topological polar surface area (TPSA) is 63.7 Å². The predicted octanol–water partition coefficient (Wildman–Crippen LogP) is 3.50. The zero-order chi connectivity index (χ0) is 18.7. The van der Waals surface area contributed by atoms with E-state index in [-0.39, 0.29) is 18.1 Å². The minimum atomic E-state index is -0.516. The highest BCUT2D eigenvalue weighted by atomic mass is 35.5. The summed E-state index contributed by atoms with van der Waals surface area (Å²) >= 11 is 6.14. The van der Waals surface area contributed by atoms with Gasteiger partial charge in [0.15, 0.2) is 5.78 Å². The Morgan fingerprint density at radius 1 is 1.15 bits per heavy atom. The van der Waals surface area contributed by atoms with Crippen molar-refractivity contribution in [3.63, 3.8) is 0 Å². The molecule has 0 spiro atoms. The molecule has 1 amide bonds. The molecule has 0 bridgehead atoms. The number of Topliss-reactive ketones (excluding diaryl/α,β-unsaturated/α-hetero) is 1. The van der Waals surface area contributed by atoms with Crippen LogP contribution in [0.3, 0.4) is 0 Å². The Hall–Kier alpha value is -2.66. The number of benzene rings is 2. The third kappa shape index (κ3) is 4.11. The summed E-state index contributed by atoms with van der Waals surface area (Å²) in [5.41, 5.74) is 1.39. The third-order valence-electron chi connectivity index (χ3n) is 4.35. The van der Waals surface area contributed by atoms with Crippen LogP contribution in [0.4, 0.5) is 0 Å². The van der Waals surface area contributed by atoms with Crippen LogP contribution in [0.1, 0.15) is 29.3 Å². The Morgan fingerprint density at radius 2 is 1.85 bits per heavy atom. The van der Waals surface area contributed by atoms with Crippen LogP contribution < -0.4 is 4.74 Å². The second-order valence-electron chi connectivity index (χ2n) is 6.27. The SMILES string of the molecule is CC(=O)c1ccc(OC(=O)[C@@H]2CC(=O)N(Cc3ccccc3Cl)C2)cc1. The van der Waals surface area contributed by atoms with Gasteiger partial charge in [-0.15, -0.1) is 0 Å². The van der Waals surface area contributed by atoms with Gasteiger partial charge in [-0.1, -0.05) is 29.8 Å². The van der Waals surface area contributed by atoms with Gasteiger partial charge in [-0.2, -0.15) is 0 Å². The number of hydrogen-bond donors (Lipinski definition) is 0. The second-order valence-corrected chi connectivity index (χ2v) is 6.68. The molecular weight excluding hydrogens is 354 g/mol. The van der Waals surface area contributed by atoms with Crippen molar-refractivity contribution in [3.8, 4) is 5.75 Å². The summed E-state index contributed by atoms with van der Waals surface area (Å²) in [6, 6.07) is 13.7. The summed E-state index contributed by atoms with van der Waals surface area (Å²) in [6.07, 6.45) is 0.120. The van der Waals surface area contributed by atoms with Gasteiger partial charge in [0.05, 0.1) is 5.92 Å². The number of likely N-dealkylation sites (tertiary alicyclic amines) is 1. The number of rotatable bonds is 5. The molecule has 0 N–H and O–H groups in total. The van der Waals surface area contributed by atoms with E-state index >= 15 is 0 Å². The average molecular weight is 372 g/mol. The highest BCUT2D eigenvalue weighted by Crippen LogP contribution is 2.25. The van der Waals surface area contributed by atoms with Crippen LogP contribution in [-0.2, 0) is 16.1 Å². The van der Waals surface area contributed by atoms with Crippen LogP contribution in [0.15, 0.2) is 48.5 Å². The van der Waals surface area contributed by atoms with Crippen molar-refractivity contribution in [1.82, 2.24) is 4.90 Å². The van der Waals surface area contributed by atoms with Crippen molar-refractivity contribution >= 4 is 29.3 Å². The minimum absolute atomic E-state index is 0.0560. The number of halogens is 1. The van der Waals surface area contributed by atoms with Crippen LogP contribution in [0.5, 0.6) is 5.75 Å². The van der Waals surface area contributed by atoms with Gasteiger partial charge in [0.25, 0.3) is 0 Å². The summed E-state index contributed by atoms with van der Waals surface area (Å²) < 4.78 is 5.35. The predicted molar refractivity (Wildman–Crippen MR) is 97.1 cm³/mol. The van der Waals surface area contributed by atoms with E-state index in [4.69, 9.17) is 16.3 Å². The lowest BCUT2D eigenvalue weighted by Gasteiger charge is -2.17. The van der Waals surface area contributed by atoms with E-state index in [9.17, 15) is 14.4 Å². The number of carbonyl (C=O) groups is 3. The molecule has 0 unspecified atom stereocenters. The quantitative estimate of drug-likeness (QED) is 0.458. The van der Waals surface area contributed by atoms with E-state index < -0.39 is 11.9 Å². The first-order valence-electron chi connectivity index (χ1n) is 8.28. The maximum absolute atomic E-state index is 12.3. The van der Waals surface area contributed by atoms with Gasteiger partial charge >= 0.3 is 5.97 Å². The van der Waals surface area contributed by atoms with Crippen molar-refractivity contribution < 1.29 is 19.1 Å². The summed E-state index contributed by atoms with van der Waals surface area (Å²) in [5, 5.41) is 0.594. The van der Waals surface area contributed by atoms with E-state index in [0.29, 0.717) is 29.4 Å². The minimum Gasteiger partial charge on any atom is -0.426 e. The van der Waals surface area contributed by atoms with Crippen LogP contribution in [-0.4, -0.2) is 29.1 Å². The first kappa shape index (κ1) is 18.1. The molecule has 0 aliphatic carbocycles. The largest absolute Gasteiger partial charge is 0.426 e. The number of ether oxygens (including phenoxy) is 1. The van der Waals surface area contributed by atoms with E-state index in [1.807, 2.05) is 18.2 Å². The number of hydrogen-bond acceptors (Lipinski definition) is 4. The Kier molecular flexibility index (Phi) is 5.38. The number of carbonyl (C=O) groups excluding carboxylic acids is 3. The lowest BCUT2D eigenvalue weighted by molar-refractivity contribution is -0.139. The zero-order valence-corrected chi connectivity index (χ0v) is 15.0. The molecule has 1 heterocycles. The van der Waals surface area contributed by atoms with Gasteiger partial charge in [-0.25, -0.2) is 0 Å². The molecule has 0 aromatic heterocycles. The first-order chi connectivity index (χ1) is 12.4. The van der Waals surface area contributed by atoms with Crippen molar-refractivity contribution in [1.29, 1.82) is 0 Å². The summed E-state index contributed by atoms with van der Waals surface area (Å²) in [7, 11) is 0. The molecule has 0 radical (unpaired) electrons. The molecule has 1 fully saturated rings. The summed E-state index contributed by atoms with van der Waals surface area (Å²) in [4.78, 5) is 37.5. The molecule has 1 aliphatic heterocycles. The van der Waals surface area contributed by atoms with Crippen molar-refractivity contribution in [2.45, 2.75) is 19.9 Å². The van der Waals surface area contributed by atoms with E-state index in [2.05, 4.69) is 0 Å². The van der Waals surface area contributed by atoms with Gasteiger partial charge in [0.1, 0.15) is 5.75 Å². The van der Waals surface area contributed by atoms with Crippen molar-refractivity contribution in [3.05, 3.63) is 64.7 Å². The van der Waals surface area contributed by atoms with Crippen LogP contribution in [0.25, 0.3) is 0 Å². The standard InChI is InChI=1S/C20H18ClNO4/c1-13(23)14-6-8-17(9-7-14)26-20(25)16-10-19(24)22(12-16)11-15-4-2-3-5-18(15)21/h2-9,16H,10-12H2,1H3/t16-/m1/s1. The van der Waals surface area contributed by atoms with Crippen molar-refractivity contribution in [2.24, 2.45) is 5.92 Å². The lowest BCUT2D eigenvalue weighted by Crippen LogP contribution is -2.27. The van der Waals surface area contributed by atoms with E-state index in [0.717, 1.165) is 5.56 Å². The Labute approximate surface area is 156 Å². The Balaban J connectivity index is 1.61. The fourth-order valence-corrected chi connectivity index (χ4v) is 3.07. The van der Waals surface area contributed by atoms with Gasteiger partial charge in [0.2, 0.25) is 5.91 Å². The molecular formula is C20H18ClNO4. The molecule has 134 valence electrons. The Bertz CT molecular complexity index is 847. The molecule has 5 nitrogen and oxygen atoms in total. The molecule has 1 saturated heterocycles. The maximum atomic E-state index is 12.3. The lowest BCUT2D eigenvalue weighted by atomic mass is 10.1. The highest BCUT2D eigenvalue weighted by Gasteiger charge is 2.35. The Morgan fingerprint density at radius 3 is 2.50 bits per heavy atom. The first-order valence-corrected chi connectivity index (χ1v) is 8.65. The number of amides is 1. The van der Waals surface area contributed by atoms with Gasteiger partial charge < -0.3 is 9.64 Å². The second kappa shape index (κ2) is 7.70. The summed E-state index contributed by atoms with van der Waals surface area (Å²) in [5.74, 6) is -0.761. The molecule has 3 rings (SSSR count). The van der Waals surface area contributed by atoms with Gasteiger partial charge in [0, 0.05) is 30.1 Å². The van der Waals surface area contributed by atoms with E-state index in [1.165, 1.54) is 6.92 Å². The highest BCUT2D eigenvalue weighted by molar-refractivity contribution is 6.31. The van der Waals surface area contributed by atoms with Gasteiger partial charge in [-0.05, 0) is 42.8 Å². The molecule has 1 aliphatic rings. The normalized spacial score (nSPS) is 16.6. The molecule has 26 heavy (non-hydrogen) atoms. The monoisotopic (exact) mass is 371 g/mol. The molecule has 6 heteroatoms.